The molecule has 8 heteroatoms. The number of aryl methyl sites for hydroxylation is 1. The summed E-state index contributed by atoms with van der Waals surface area (Å²) in [6.07, 6.45) is 6.60. The Kier molecular flexibility index (Phi) is 6.02. The monoisotopic (exact) mass is 445 g/mol. The maximum atomic E-state index is 12.7. The number of rotatable bonds is 6. The smallest absolute Gasteiger partial charge is 0.254 e. The van der Waals surface area contributed by atoms with Crippen LogP contribution in [0.1, 0.15) is 48.4 Å². The fourth-order valence-corrected chi connectivity index (χ4v) is 4.87. The number of hydrogen-bond acceptors (Lipinski definition) is 6. The third-order valence-corrected chi connectivity index (χ3v) is 6.57. The molecule has 3 N–H and O–H groups in total. The quantitative estimate of drug-likeness (QED) is 0.537. The molecule has 8 nitrogen and oxygen atoms in total. The first-order chi connectivity index (χ1) is 16.1. The van der Waals surface area contributed by atoms with Crippen LogP contribution in [0.25, 0.3) is 0 Å². The minimum absolute atomic E-state index is 0.0381. The van der Waals surface area contributed by atoms with Gasteiger partial charge >= 0.3 is 0 Å². The molecule has 0 saturated carbocycles. The highest BCUT2D eigenvalue weighted by Crippen LogP contribution is 2.27. The number of anilines is 1. The van der Waals surface area contributed by atoms with Crippen LogP contribution < -0.4 is 16.2 Å². The first-order valence-electron chi connectivity index (χ1n) is 11.4. The molecule has 0 spiro atoms. The Morgan fingerprint density at radius 3 is 2.76 bits per heavy atom. The largest absolute Gasteiger partial charge is 0.387 e. The Balaban J connectivity index is 1.17. The van der Waals surface area contributed by atoms with E-state index in [1.54, 1.807) is 12.3 Å². The van der Waals surface area contributed by atoms with Crippen molar-refractivity contribution in [2.75, 3.05) is 5.32 Å². The Hall–Kier alpha value is -3.36. The van der Waals surface area contributed by atoms with Crippen molar-refractivity contribution in [2.24, 2.45) is 0 Å². The maximum Gasteiger partial charge on any atom is 0.254 e. The predicted octanol–water partition coefficient (Wildman–Crippen LogP) is 2.16. The van der Waals surface area contributed by atoms with Gasteiger partial charge in [0.25, 0.3) is 5.56 Å². The molecule has 2 aliphatic heterocycles. The summed E-state index contributed by atoms with van der Waals surface area (Å²) in [5.41, 5.74) is 1.79. The molecule has 33 heavy (non-hydrogen) atoms. The number of fused-ring (bicyclic) bond motifs is 1. The highest BCUT2D eigenvalue weighted by atomic mass is 16.3. The number of carbonyl (C=O) groups is 1. The van der Waals surface area contributed by atoms with E-state index >= 15 is 0 Å². The zero-order valence-electron chi connectivity index (χ0n) is 18.2. The van der Waals surface area contributed by atoms with Gasteiger partial charge in [0, 0.05) is 37.0 Å². The fraction of sp³-hybridized carbons (Fsp3) is 0.360. The van der Waals surface area contributed by atoms with Gasteiger partial charge in [0.15, 0.2) is 0 Å². The molecule has 1 fully saturated rings. The van der Waals surface area contributed by atoms with E-state index in [9.17, 15) is 14.7 Å². The maximum absolute atomic E-state index is 12.7. The summed E-state index contributed by atoms with van der Waals surface area (Å²) in [6, 6.07) is 14.6. The number of aliphatic hydroxyl groups is 1. The third-order valence-electron chi connectivity index (χ3n) is 6.57. The molecule has 2 aliphatic rings. The van der Waals surface area contributed by atoms with Crippen molar-refractivity contribution in [3.63, 3.8) is 0 Å². The molecular weight excluding hydrogens is 418 g/mol. The molecule has 1 aromatic carbocycles. The van der Waals surface area contributed by atoms with Crippen LogP contribution in [0.4, 0.5) is 5.82 Å². The minimum atomic E-state index is -0.557. The van der Waals surface area contributed by atoms with Crippen LogP contribution in [0, 0.1) is 0 Å². The van der Waals surface area contributed by atoms with E-state index in [-0.39, 0.29) is 23.6 Å². The number of carbonyl (C=O) groups excluding carboxylic acids is 1. The second-order valence-electron chi connectivity index (χ2n) is 8.77. The first kappa shape index (κ1) is 21.5. The van der Waals surface area contributed by atoms with Gasteiger partial charge in [-0.2, -0.15) is 0 Å². The van der Waals surface area contributed by atoms with Gasteiger partial charge in [-0.05, 0) is 42.9 Å². The molecule has 4 heterocycles. The number of hydrogen-bond donors (Lipinski definition) is 3. The number of amides is 1. The van der Waals surface area contributed by atoms with Crippen molar-refractivity contribution < 1.29 is 9.90 Å². The van der Waals surface area contributed by atoms with Crippen molar-refractivity contribution in [1.82, 2.24) is 19.9 Å². The zero-order valence-corrected chi connectivity index (χ0v) is 18.2. The summed E-state index contributed by atoms with van der Waals surface area (Å²) in [5.74, 6) is 0.857. The molecule has 3 aromatic rings. The lowest BCUT2D eigenvalue weighted by Gasteiger charge is -2.20. The summed E-state index contributed by atoms with van der Waals surface area (Å²) >= 11 is 0. The van der Waals surface area contributed by atoms with Crippen molar-refractivity contribution in [3.05, 3.63) is 88.2 Å². The van der Waals surface area contributed by atoms with Gasteiger partial charge in [0.1, 0.15) is 17.7 Å². The highest BCUT2D eigenvalue weighted by molar-refractivity contribution is 5.93. The lowest BCUT2D eigenvalue weighted by molar-refractivity contribution is -0.119. The summed E-state index contributed by atoms with van der Waals surface area (Å²) in [7, 11) is 0. The van der Waals surface area contributed by atoms with E-state index in [2.05, 4.69) is 20.6 Å². The van der Waals surface area contributed by atoms with E-state index in [1.807, 2.05) is 36.4 Å². The average Bonchev–Trinajstić information content (AvgIpc) is 3.49. The van der Waals surface area contributed by atoms with Crippen LogP contribution in [-0.4, -0.2) is 37.6 Å². The number of benzene rings is 1. The van der Waals surface area contributed by atoms with Gasteiger partial charge in [-0.25, -0.2) is 9.97 Å². The van der Waals surface area contributed by atoms with Crippen LogP contribution in [0.15, 0.2) is 65.7 Å². The van der Waals surface area contributed by atoms with Crippen molar-refractivity contribution in [3.8, 4) is 0 Å². The Bertz CT molecular complexity index is 1180. The second-order valence-corrected chi connectivity index (χ2v) is 8.77. The zero-order chi connectivity index (χ0) is 22.8. The highest BCUT2D eigenvalue weighted by Gasteiger charge is 2.31. The molecule has 1 saturated heterocycles. The van der Waals surface area contributed by atoms with E-state index in [0.29, 0.717) is 24.5 Å². The molecule has 4 atom stereocenters. The Labute approximate surface area is 191 Å². The topological polar surface area (TPSA) is 109 Å². The van der Waals surface area contributed by atoms with E-state index in [1.165, 1.54) is 16.8 Å². The lowest BCUT2D eigenvalue weighted by Crippen LogP contribution is -2.35. The minimum Gasteiger partial charge on any atom is -0.387 e. The summed E-state index contributed by atoms with van der Waals surface area (Å²) in [4.78, 5) is 33.5. The summed E-state index contributed by atoms with van der Waals surface area (Å²) in [5, 5.41) is 17.0. The number of aliphatic hydroxyl groups excluding tert-OH is 1. The number of pyridine rings is 1. The molecule has 170 valence electrons. The summed E-state index contributed by atoms with van der Waals surface area (Å²) < 4.78 is 1.47. The van der Waals surface area contributed by atoms with Gasteiger partial charge in [0.2, 0.25) is 5.91 Å². The van der Waals surface area contributed by atoms with Gasteiger partial charge in [-0.1, -0.05) is 36.4 Å². The molecule has 2 aromatic heterocycles. The van der Waals surface area contributed by atoms with Crippen LogP contribution in [0.2, 0.25) is 0 Å². The number of aromatic nitrogens is 3. The fourth-order valence-electron chi connectivity index (χ4n) is 4.87. The number of nitrogens with one attached hydrogen (secondary N) is 2. The Morgan fingerprint density at radius 2 is 1.97 bits per heavy atom. The SMILES string of the molecule is O=C(Nc1ccc(C[C@@H]2CC[C@H](C(O)c3ccccc3)N2)cn1)C1CCc2nccc(=O)n21. The average molecular weight is 446 g/mol. The van der Waals surface area contributed by atoms with Crippen molar-refractivity contribution in [2.45, 2.75) is 56.3 Å². The van der Waals surface area contributed by atoms with Crippen LogP contribution >= 0.6 is 0 Å². The third kappa shape index (κ3) is 4.58. The van der Waals surface area contributed by atoms with E-state index < -0.39 is 12.1 Å². The first-order valence-corrected chi connectivity index (χ1v) is 11.4. The van der Waals surface area contributed by atoms with Gasteiger partial charge < -0.3 is 15.7 Å². The van der Waals surface area contributed by atoms with Crippen molar-refractivity contribution in [1.29, 1.82) is 0 Å². The molecule has 0 aliphatic carbocycles. The molecule has 0 bridgehead atoms. The second kappa shape index (κ2) is 9.25. The molecule has 0 radical (unpaired) electrons. The van der Waals surface area contributed by atoms with Crippen molar-refractivity contribution >= 4 is 11.7 Å². The summed E-state index contributed by atoms with van der Waals surface area (Å²) in [6.45, 7) is 0. The molecule has 5 rings (SSSR count). The van der Waals surface area contributed by atoms with Crippen LogP contribution in [0.3, 0.4) is 0 Å². The van der Waals surface area contributed by atoms with Crippen LogP contribution in [0.5, 0.6) is 0 Å². The van der Waals surface area contributed by atoms with E-state index in [0.717, 1.165) is 30.4 Å². The standard InChI is InChI=1S/C25H27N5O3/c31-23-12-13-26-22-11-9-20(30(22)23)25(33)29-21-10-6-16(15-27-21)14-18-7-8-19(28-18)24(32)17-4-2-1-3-5-17/h1-6,10,12-13,15,18-20,24,28,32H,7-9,11,14H2,(H,27,29,33)/t18-,19+,20?,24?/m0/s1. The normalized spacial score (nSPS) is 22.6. The van der Waals surface area contributed by atoms with Gasteiger partial charge in [0.05, 0.1) is 6.10 Å². The lowest BCUT2D eigenvalue weighted by atomic mass is 10.0. The molecule has 1 amide bonds. The molecular formula is C25H27N5O3. The van der Waals surface area contributed by atoms with Crippen LogP contribution in [-0.2, 0) is 17.6 Å². The Morgan fingerprint density at radius 1 is 1.12 bits per heavy atom. The molecule has 2 unspecified atom stereocenters. The number of nitrogens with zero attached hydrogens (tertiary/aromatic N) is 3. The van der Waals surface area contributed by atoms with Gasteiger partial charge in [-0.3, -0.25) is 14.2 Å². The van der Waals surface area contributed by atoms with Gasteiger partial charge in [-0.15, -0.1) is 0 Å². The predicted molar refractivity (Wildman–Crippen MR) is 124 cm³/mol. The van der Waals surface area contributed by atoms with E-state index in [4.69, 9.17) is 0 Å².